The summed E-state index contributed by atoms with van der Waals surface area (Å²) in [6.45, 7) is 7.35. The van der Waals surface area contributed by atoms with Crippen molar-refractivity contribution in [3.8, 4) is 11.8 Å². The van der Waals surface area contributed by atoms with E-state index in [9.17, 15) is 9.90 Å². The van der Waals surface area contributed by atoms with Crippen LogP contribution in [-0.4, -0.2) is 92.2 Å². The third-order valence-corrected chi connectivity index (χ3v) is 7.32. The standard InChI is InChI=1S/C28H37N9O2/c1-3-37-19-29-25-26(33-28(34-27(25)37)32-20-9-11-23(38)12-10-20)31-22-7-4-6-21(18-22)30-24(39)8-5-13-36-16-14-35(2)15-17-36/h4,6-7,18-20,23,38H,3,9-17H2,1-2H3,(H,30,39)(H2,31,32,33,34). The Kier molecular flexibility index (Phi) is 8.56. The van der Waals surface area contributed by atoms with Crippen molar-refractivity contribution >= 4 is 40.2 Å². The van der Waals surface area contributed by atoms with Gasteiger partial charge in [0.15, 0.2) is 17.0 Å². The fourth-order valence-electron chi connectivity index (χ4n) is 4.94. The molecule has 1 aliphatic heterocycles. The molecule has 1 aromatic carbocycles. The number of aliphatic hydroxyl groups excluding tert-OH is 1. The molecular formula is C28H37N9O2. The number of carbonyl (C=O) groups is 1. The van der Waals surface area contributed by atoms with E-state index < -0.39 is 0 Å². The molecule has 0 atom stereocenters. The van der Waals surface area contributed by atoms with Crippen molar-refractivity contribution in [3.63, 3.8) is 0 Å². The Labute approximate surface area is 229 Å². The lowest BCUT2D eigenvalue weighted by molar-refractivity contribution is -0.111. The van der Waals surface area contributed by atoms with Crippen LogP contribution in [0, 0.1) is 11.8 Å². The van der Waals surface area contributed by atoms with Crippen LogP contribution in [0.3, 0.4) is 0 Å². The number of nitrogens with zero attached hydrogens (tertiary/aromatic N) is 6. The van der Waals surface area contributed by atoms with Gasteiger partial charge in [0, 0.05) is 50.1 Å². The molecular weight excluding hydrogens is 494 g/mol. The number of hydrogen-bond acceptors (Lipinski definition) is 9. The first kappa shape index (κ1) is 26.9. The van der Waals surface area contributed by atoms with Crippen LogP contribution in [0.5, 0.6) is 0 Å². The SMILES string of the molecule is CCn1cnc2c(Nc3cccc(NC(=O)C#CCN4CCN(C)CC4)c3)nc(NC3CCC(O)CC3)nc21. The Morgan fingerprint density at radius 1 is 1.10 bits per heavy atom. The van der Waals surface area contributed by atoms with Crippen LogP contribution in [0.25, 0.3) is 11.2 Å². The summed E-state index contributed by atoms with van der Waals surface area (Å²) in [5.41, 5.74) is 2.82. The van der Waals surface area contributed by atoms with E-state index in [0.717, 1.165) is 69.7 Å². The Bertz CT molecular complexity index is 1350. The van der Waals surface area contributed by atoms with E-state index in [2.05, 4.69) is 49.6 Å². The molecule has 2 aliphatic rings. The molecule has 2 fully saturated rings. The Morgan fingerprint density at radius 2 is 1.87 bits per heavy atom. The molecule has 1 amide bonds. The number of imidazole rings is 1. The average Bonchev–Trinajstić information content (AvgIpc) is 3.35. The van der Waals surface area contributed by atoms with E-state index >= 15 is 0 Å². The topological polar surface area (TPSA) is 123 Å². The molecule has 0 unspecified atom stereocenters. The summed E-state index contributed by atoms with van der Waals surface area (Å²) >= 11 is 0. The number of anilines is 4. The molecule has 3 heterocycles. The van der Waals surface area contributed by atoms with Crippen molar-refractivity contribution in [3.05, 3.63) is 30.6 Å². The number of aliphatic hydroxyl groups is 1. The number of piperazine rings is 1. The monoisotopic (exact) mass is 531 g/mol. The smallest absolute Gasteiger partial charge is 0.300 e. The highest BCUT2D eigenvalue weighted by molar-refractivity contribution is 6.04. The van der Waals surface area contributed by atoms with Crippen molar-refractivity contribution in [2.24, 2.45) is 0 Å². The largest absolute Gasteiger partial charge is 0.393 e. The minimum Gasteiger partial charge on any atom is -0.393 e. The number of likely N-dealkylation sites (N-methyl/N-ethyl adjacent to an activating group) is 1. The summed E-state index contributed by atoms with van der Waals surface area (Å²) in [7, 11) is 2.12. The van der Waals surface area contributed by atoms with Crippen LogP contribution < -0.4 is 16.0 Å². The number of nitrogens with one attached hydrogen (secondary N) is 3. The van der Waals surface area contributed by atoms with Crippen LogP contribution in [0.4, 0.5) is 23.1 Å². The molecule has 3 aromatic rings. The molecule has 0 radical (unpaired) electrons. The normalized spacial score (nSPS) is 20.3. The van der Waals surface area contributed by atoms with Crippen LogP contribution in [0.2, 0.25) is 0 Å². The minimum absolute atomic E-state index is 0.215. The van der Waals surface area contributed by atoms with E-state index in [-0.39, 0.29) is 18.1 Å². The minimum atomic E-state index is -0.337. The van der Waals surface area contributed by atoms with Crippen molar-refractivity contribution in [2.75, 3.05) is 55.7 Å². The van der Waals surface area contributed by atoms with E-state index in [1.165, 1.54) is 0 Å². The zero-order chi connectivity index (χ0) is 27.2. The molecule has 5 rings (SSSR count). The summed E-state index contributed by atoms with van der Waals surface area (Å²) in [6.07, 6.45) is 4.84. The zero-order valence-corrected chi connectivity index (χ0v) is 22.7. The fraction of sp³-hybridized carbons (Fsp3) is 0.500. The van der Waals surface area contributed by atoms with Gasteiger partial charge in [-0.15, -0.1) is 0 Å². The molecule has 0 bridgehead atoms. The maximum Gasteiger partial charge on any atom is 0.300 e. The van der Waals surface area contributed by atoms with Crippen LogP contribution in [0.1, 0.15) is 32.6 Å². The quantitative estimate of drug-likeness (QED) is 0.341. The maximum absolute atomic E-state index is 12.5. The molecule has 39 heavy (non-hydrogen) atoms. The van der Waals surface area contributed by atoms with Crippen molar-refractivity contribution in [1.29, 1.82) is 0 Å². The molecule has 11 heteroatoms. The van der Waals surface area contributed by atoms with Gasteiger partial charge in [-0.05, 0) is 63.8 Å². The second-order valence-electron chi connectivity index (χ2n) is 10.3. The summed E-state index contributed by atoms with van der Waals surface area (Å²) in [6, 6.07) is 7.67. The second-order valence-corrected chi connectivity index (χ2v) is 10.3. The first-order chi connectivity index (χ1) is 19.0. The number of aryl methyl sites for hydroxylation is 1. The predicted octanol–water partition coefficient (Wildman–Crippen LogP) is 2.49. The number of benzene rings is 1. The fourth-order valence-corrected chi connectivity index (χ4v) is 4.94. The van der Waals surface area contributed by atoms with Gasteiger partial charge in [-0.25, -0.2) is 4.98 Å². The van der Waals surface area contributed by atoms with Crippen molar-refractivity contribution in [2.45, 2.75) is 51.3 Å². The molecule has 2 aromatic heterocycles. The molecule has 4 N–H and O–H groups in total. The molecule has 1 saturated carbocycles. The summed E-state index contributed by atoms with van der Waals surface area (Å²) < 4.78 is 1.98. The van der Waals surface area contributed by atoms with Gasteiger partial charge in [-0.1, -0.05) is 12.0 Å². The van der Waals surface area contributed by atoms with Gasteiger partial charge in [-0.2, -0.15) is 9.97 Å². The molecule has 206 valence electrons. The van der Waals surface area contributed by atoms with Crippen LogP contribution in [-0.2, 0) is 11.3 Å². The molecule has 0 spiro atoms. The van der Waals surface area contributed by atoms with Crippen LogP contribution in [0.15, 0.2) is 30.6 Å². The number of carbonyl (C=O) groups excluding carboxylic acids is 1. The lowest BCUT2D eigenvalue weighted by atomic mass is 9.93. The Morgan fingerprint density at radius 3 is 2.64 bits per heavy atom. The van der Waals surface area contributed by atoms with E-state index in [1.807, 2.05) is 35.8 Å². The third kappa shape index (κ3) is 7.03. The number of rotatable bonds is 7. The zero-order valence-electron chi connectivity index (χ0n) is 22.7. The highest BCUT2D eigenvalue weighted by atomic mass is 16.3. The molecule has 1 saturated heterocycles. The number of hydrogen-bond donors (Lipinski definition) is 4. The third-order valence-electron chi connectivity index (χ3n) is 7.32. The summed E-state index contributed by atoms with van der Waals surface area (Å²) in [5.74, 6) is 6.48. The van der Waals surface area contributed by atoms with Crippen molar-refractivity contribution < 1.29 is 9.90 Å². The van der Waals surface area contributed by atoms with Crippen molar-refractivity contribution in [1.82, 2.24) is 29.3 Å². The summed E-state index contributed by atoms with van der Waals surface area (Å²) in [4.78, 5) is 31.0. The number of amides is 1. The van der Waals surface area contributed by atoms with Crippen LogP contribution >= 0.6 is 0 Å². The molecule has 1 aliphatic carbocycles. The lowest BCUT2D eigenvalue weighted by Gasteiger charge is -2.30. The highest BCUT2D eigenvalue weighted by Crippen LogP contribution is 2.27. The first-order valence-electron chi connectivity index (χ1n) is 13.7. The van der Waals surface area contributed by atoms with E-state index in [0.29, 0.717) is 29.5 Å². The Balaban J connectivity index is 1.27. The Hall–Kier alpha value is -3.72. The van der Waals surface area contributed by atoms with E-state index in [1.54, 1.807) is 6.33 Å². The van der Waals surface area contributed by atoms with E-state index in [4.69, 9.17) is 9.97 Å². The van der Waals surface area contributed by atoms with Gasteiger partial charge < -0.3 is 30.5 Å². The molecule has 11 nitrogen and oxygen atoms in total. The van der Waals surface area contributed by atoms with Gasteiger partial charge in [0.05, 0.1) is 19.0 Å². The first-order valence-corrected chi connectivity index (χ1v) is 13.7. The predicted molar refractivity (Wildman–Crippen MR) is 153 cm³/mol. The van der Waals surface area contributed by atoms with Gasteiger partial charge >= 0.3 is 0 Å². The van der Waals surface area contributed by atoms with Gasteiger partial charge in [0.1, 0.15) is 0 Å². The maximum atomic E-state index is 12.5. The highest BCUT2D eigenvalue weighted by Gasteiger charge is 2.21. The second kappa shape index (κ2) is 12.4. The van der Waals surface area contributed by atoms with Gasteiger partial charge in [-0.3, -0.25) is 9.69 Å². The average molecular weight is 532 g/mol. The number of fused-ring (bicyclic) bond motifs is 1. The van der Waals surface area contributed by atoms with Gasteiger partial charge in [0.2, 0.25) is 5.95 Å². The summed E-state index contributed by atoms with van der Waals surface area (Å²) in [5, 5.41) is 19.5. The van der Waals surface area contributed by atoms with Gasteiger partial charge in [0.25, 0.3) is 5.91 Å². The number of aromatic nitrogens is 4. The lowest BCUT2D eigenvalue weighted by Crippen LogP contribution is -2.44.